The van der Waals surface area contributed by atoms with Crippen LogP contribution < -0.4 is 10.6 Å². The van der Waals surface area contributed by atoms with Crippen LogP contribution in [0.4, 0.5) is 0 Å². The molecule has 2 aromatic rings. The average molecular weight is 538 g/mol. The van der Waals surface area contributed by atoms with Gasteiger partial charge >= 0.3 is 0 Å². The van der Waals surface area contributed by atoms with E-state index in [1.54, 1.807) is 18.4 Å². The van der Waals surface area contributed by atoms with Crippen molar-refractivity contribution in [1.29, 1.82) is 0 Å². The largest absolute Gasteiger partial charge is 0.386 e. The van der Waals surface area contributed by atoms with E-state index in [9.17, 15) is 13.5 Å². The highest BCUT2D eigenvalue weighted by atomic mass is 127. The first-order chi connectivity index (χ1) is 13.0. The van der Waals surface area contributed by atoms with Crippen molar-refractivity contribution in [3.8, 4) is 0 Å². The highest BCUT2D eigenvalue weighted by Crippen LogP contribution is 2.29. The van der Waals surface area contributed by atoms with Crippen molar-refractivity contribution in [2.24, 2.45) is 4.99 Å². The molecule has 3 rings (SSSR count). The van der Waals surface area contributed by atoms with Gasteiger partial charge in [0.05, 0.1) is 11.5 Å². The van der Waals surface area contributed by atoms with Gasteiger partial charge in [-0.1, -0.05) is 18.2 Å². The lowest BCUT2D eigenvalue weighted by Crippen LogP contribution is -2.46. The van der Waals surface area contributed by atoms with Gasteiger partial charge in [0.2, 0.25) is 0 Å². The lowest BCUT2D eigenvalue weighted by atomic mass is 10.2. The number of guanidine groups is 1. The monoisotopic (exact) mass is 538 g/mol. The minimum atomic E-state index is -2.84. The van der Waals surface area contributed by atoms with Gasteiger partial charge in [0.25, 0.3) is 0 Å². The Labute approximate surface area is 187 Å². The van der Waals surface area contributed by atoms with Gasteiger partial charge in [-0.2, -0.15) is 0 Å². The zero-order valence-corrected chi connectivity index (χ0v) is 19.8. The number of halogens is 1. The molecule has 156 valence electrons. The van der Waals surface area contributed by atoms with E-state index >= 15 is 0 Å². The lowest BCUT2D eigenvalue weighted by Gasteiger charge is -2.26. The molecule has 1 aromatic heterocycles. The van der Waals surface area contributed by atoms with Crippen LogP contribution in [0.2, 0.25) is 0 Å². The Morgan fingerprint density at radius 1 is 1.29 bits per heavy atom. The van der Waals surface area contributed by atoms with Crippen LogP contribution in [0.5, 0.6) is 0 Å². The van der Waals surface area contributed by atoms with Gasteiger partial charge in [-0.15, -0.1) is 35.3 Å². The predicted molar refractivity (Wildman–Crippen MR) is 127 cm³/mol. The summed E-state index contributed by atoms with van der Waals surface area (Å²) in [6, 6.07) is 10.1. The van der Waals surface area contributed by atoms with Gasteiger partial charge in [-0.3, -0.25) is 9.89 Å². The zero-order valence-electron chi connectivity index (χ0n) is 15.8. The molecule has 0 aliphatic carbocycles. The topological polar surface area (TPSA) is 94.0 Å². The summed E-state index contributed by atoms with van der Waals surface area (Å²) in [6.07, 6.45) is -0.603. The summed E-state index contributed by atoms with van der Waals surface area (Å²) < 4.78 is 24.1. The average Bonchev–Trinajstić information content (AvgIpc) is 3.10. The van der Waals surface area contributed by atoms with Crippen LogP contribution in [-0.4, -0.2) is 75.7 Å². The van der Waals surface area contributed by atoms with Crippen molar-refractivity contribution >= 4 is 61.2 Å². The van der Waals surface area contributed by atoms with Crippen LogP contribution in [0.25, 0.3) is 10.1 Å². The van der Waals surface area contributed by atoms with Crippen LogP contribution >= 0.6 is 35.3 Å². The number of benzene rings is 1. The maximum Gasteiger partial charge on any atom is 0.191 e. The number of sulfone groups is 1. The number of thiophene rings is 1. The molecule has 1 atom stereocenters. The molecule has 0 bridgehead atoms. The number of hydrogen-bond acceptors (Lipinski definition) is 6. The highest BCUT2D eigenvalue weighted by molar-refractivity contribution is 14.0. The minimum absolute atomic E-state index is 0. The van der Waals surface area contributed by atoms with Crippen molar-refractivity contribution in [3.63, 3.8) is 0 Å². The predicted octanol–water partition coefficient (Wildman–Crippen LogP) is 1.45. The van der Waals surface area contributed by atoms with Crippen molar-refractivity contribution in [2.45, 2.75) is 6.10 Å². The number of aliphatic hydroxyl groups excluding tert-OH is 1. The summed E-state index contributed by atoms with van der Waals surface area (Å²) in [5, 5.41) is 17.9. The zero-order chi connectivity index (χ0) is 19.3. The SMILES string of the molecule is CN=C(NCCN1CCS(=O)(=O)CC1)NCC(O)c1cc2ccccc2s1.I. The van der Waals surface area contributed by atoms with E-state index in [-0.39, 0.29) is 35.5 Å². The van der Waals surface area contributed by atoms with Crippen molar-refractivity contribution < 1.29 is 13.5 Å². The fourth-order valence-electron chi connectivity index (χ4n) is 2.99. The quantitative estimate of drug-likeness (QED) is 0.293. The molecular formula is C18H27IN4O3S2. The molecule has 0 spiro atoms. The van der Waals surface area contributed by atoms with Crippen LogP contribution in [0.3, 0.4) is 0 Å². The summed E-state index contributed by atoms with van der Waals surface area (Å²) in [7, 11) is -1.15. The van der Waals surface area contributed by atoms with Crippen LogP contribution in [0, 0.1) is 0 Å². The Morgan fingerprint density at radius 2 is 2.00 bits per heavy atom. The molecule has 7 nitrogen and oxygen atoms in total. The number of fused-ring (bicyclic) bond motifs is 1. The third-order valence-corrected chi connectivity index (χ3v) is 7.44. The lowest BCUT2D eigenvalue weighted by molar-refractivity contribution is 0.184. The Kier molecular flexibility index (Phi) is 8.93. The number of aliphatic hydroxyl groups is 1. The maximum absolute atomic E-state index is 11.5. The first kappa shape index (κ1) is 23.3. The fraction of sp³-hybridized carbons (Fsp3) is 0.500. The first-order valence-corrected chi connectivity index (χ1v) is 11.6. The second-order valence-corrected chi connectivity index (χ2v) is 9.99. The van der Waals surface area contributed by atoms with E-state index in [2.05, 4.69) is 26.6 Å². The number of nitrogens with zero attached hydrogens (tertiary/aromatic N) is 2. The maximum atomic E-state index is 11.5. The Balaban J connectivity index is 0.00000280. The summed E-state index contributed by atoms with van der Waals surface area (Å²) in [5.74, 6) is 1.10. The molecule has 0 amide bonds. The molecule has 3 N–H and O–H groups in total. The standard InChI is InChI=1S/C18H26N4O3S2.HI/c1-19-18(20-6-7-22-8-10-27(24,25)11-9-22)21-13-15(23)17-12-14-4-2-3-5-16(14)26-17;/h2-5,12,15,23H,6-11,13H2,1H3,(H2,19,20,21);1H. The van der Waals surface area contributed by atoms with Gasteiger partial charge in [0.15, 0.2) is 15.8 Å². The molecule has 28 heavy (non-hydrogen) atoms. The number of aliphatic imine (C=N–C) groups is 1. The normalized spacial score (nSPS) is 18.4. The second-order valence-electron chi connectivity index (χ2n) is 6.58. The number of rotatable bonds is 6. The molecule has 1 unspecified atom stereocenters. The Bertz CT molecular complexity index is 854. The van der Waals surface area contributed by atoms with Gasteiger partial charge < -0.3 is 15.7 Å². The van der Waals surface area contributed by atoms with Crippen molar-refractivity contribution in [3.05, 3.63) is 35.2 Å². The summed E-state index contributed by atoms with van der Waals surface area (Å²) in [5.41, 5.74) is 0. The van der Waals surface area contributed by atoms with Crippen molar-refractivity contribution in [1.82, 2.24) is 15.5 Å². The molecule has 1 aliphatic heterocycles. The second kappa shape index (κ2) is 10.7. The van der Waals surface area contributed by atoms with Gasteiger partial charge in [-0.25, -0.2) is 8.42 Å². The smallest absolute Gasteiger partial charge is 0.191 e. The molecule has 1 aromatic carbocycles. The summed E-state index contributed by atoms with van der Waals surface area (Å²) >= 11 is 1.60. The van der Waals surface area contributed by atoms with Crippen molar-refractivity contribution in [2.75, 3.05) is 51.3 Å². The first-order valence-electron chi connectivity index (χ1n) is 9.01. The molecule has 10 heteroatoms. The fourth-order valence-corrected chi connectivity index (χ4v) is 5.31. The van der Waals surface area contributed by atoms with Crippen LogP contribution in [-0.2, 0) is 9.84 Å². The molecule has 0 saturated carbocycles. The minimum Gasteiger partial charge on any atom is -0.386 e. The third-order valence-electron chi connectivity index (χ3n) is 4.62. The molecular weight excluding hydrogens is 511 g/mol. The van der Waals surface area contributed by atoms with E-state index in [0.29, 0.717) is 32.1 Å². The molecule has 2 heterocycles. The summed E-state index contributed by atoms with van der Waals surface area (Å²) in [6.45, 7) is 2.96. The van der Waals surface area contributed by atoms with E-state index in [0.717, 1.165) is 21.5 Å². The van der Waals surface area contributed by atoms with Gasteiger partial charge in [-0.05, 0) is 17.5 Å². The highest BCUT2D eigenvalue weighted by Gasteiger charge is 2.21. The number of nitrogens with one attached hydrogen (secondary N) is 2. The Hall–Kier alpha value is -0.950. The number of hydrogen-bond donors (Lipinski definition) is 3. The van der Waals surface area contributed by atoms with Gasteiger partial charge in [0, 0.05) is 49.3 Å². The molecule has 1 saturated heterocycles. The third kappa shape index (κ3) is 6.55. The Morgan fingerprint density at radius 3 is 2.68 bits per heavy atom. The van der Waals surface area contributed by atoms with E-state index < -0.39 is 15.9 Å². The molecule has 1 fully saturated rings. The summed E-state index contributed by atoms with van der Waals surface area (Å²) in [4.78, 5) is 7.23. The van der Waals surface area contributed by atoms with E-state index in [1.807, 2.05) is 24.3 Å². The van der Waals surface area contributed by atoms with Crippen LogP contribution in [0.1, 0.15) is 11.0 Å². The molecule has 0 radical (unpaired) electrons. The van der Waals surface area contributed by atoms with E-state index in [4.69, 9.17) is 0 Å². The van der Waals surface area contributed by atoms with Gasteiger partial charge in [0.1, 0.15) is 6.10 Å². The van der Waals surface area contributed by atoms with Crippen LogP contribution in [0.15, 0.2) is 35.3 Å². The van der Waals surface area contributed by atoms with E-state index in [1.165, 1.54) is 0 Å². The molecule has 1 aliphatic rings.